The molecule has 0 aliphatic heterocycles. The lowest BCUT2D eigenvalue weighted by atomic mass is 9.85. The number of aromatic amines is 4. The SMILES string of the molecule is Cc1[nH][nH]c(=O)c1C(c1ccc(OCc2ccc(Cl)cc2Cl)c(Br)c1)c1c(C)[nH][nH]c1=O. The summed E-state index contributed by atoms with van der Waals surface area (Å²) in [4.78, 5) is 25.1. The first-order valence-corrected chi connectivity index (χ1v) is 11.2. The molecule has 166 valence electrons. The predicted molar refractivity (Wildman–Crippen MR) is 128 cm³/mol. The highest BCUT2D eigenvalue weighted by atomic mass is 79.9. The molecule has 0 saturated heterocycles. The molecule has 0 saturated carbocycles. The van der Waals surface area contributed by atoms with Gasteiger partial charge in [0, 0.05) is 32.9 Å². The van der Waals surface area contributed by atoms with E-state index >= 15 is 0 Å². The van der Waals surface area contributed by atoms with Crippen LogP contribution >= 0.6 is 39.1 Å². The smallest absolute Gasteiger partial charge is 0.268 e. The number of aryl methyl sites for hydroxylation is 2. The van der Waals surface area contributed by atoms with E-state index in [4.69, 9.17) is 27.9 Å². The van der Waals surface area contributed by atoms with Crippen LogP contribution < -0.4 is 15.9 Å². The second-order valence-electron chi connectivity index (χ2n) is 7.38. The van der Waals surface area contributed by atoms with E-state index in [1.165, 1.54) is 0 Å². The number of benzene rings is 2. The summed E-state index contributed by atoms with van der Waals surface area (Å²) in [5.74, 6) is 0.0222. The third-order valence-electron chi connectivity index (χ3n) is 5.29. The van der Waals surface area contributed by atoms with Gasteiger partial charge in [-0.05, 0) is 59.6 Å². The van der Waals surface area contributed by atoms with Crippen LogP contribution in [0.25, 0.3) is 0 Å². The molecule has 4 rings (SSSR count). The molecule has 2 heterocycles. The molecule has 0 fully saturated rings. The Hall–Kier alpha value is -2.68. The van der Waals surface area contributed by atoms with E-state index in [2.05, 4.69) is 36.3 Å². The number of ether oxygens (including phenoxy) is 1. The Kier molecular flexibility index (Phi) is 6.37. The summed E-state index contributed by atoms with van der Waals surface area (Å²) in [7, 11) is 0. The molecule has 0 bridgehead atoms. The Morgan fingerprint density at radius 1 is 0.906 bits per heavy atom. The first kappa shape index (κ1) is 22.5. The minimum atomic E-state index is -0.573. The van der Waals surface area contributed by atoms with Gasteiger partial charge in [-0.1, -0.05) is 35.3 Å². The number of hydrogen-bond donors (Lipinski definition) is 4. The van der Waals surface area contributed by atoms with Crippen molar-refractivity contribution in [1.82, 2.24) is 20.4 Å². The van der Waals surface area contributed by atoms with Crippen molar-refractivity contribution < 1.29 is 4.74 Å². The first-order chi connectivity index (χ1) is 15.3. The highest BCUT2D eigenvalue weighted by Gasteiger charge is 2.28. The topological polar surface area (TPSA) is 107 Å². The van der Waals surface area contributed by atoms with Gasteiger partial charge < -0.3 is 14.9 Å². The molecule has 32 heavy (non-hydrogen) atoms. The highest BCUT2D eigenvalue weighted by molar-refractivity contribution is 9.10. The monoisotopic (exact) mass is 536 g/mol. The van der Waals surface area contributed by atoms with Crippen LogP contribution in [-0.2, 0) is 6.61 Å². The van der Waals surface area contributed by atoms with Gasteiger partial charge in [-0.15, -0.1) is 0 Å². The summed E-state index contributed by atoms with van der Waals surface area (Å²) >= 11 is 15.7. The quantitative estimate of drug-likeness (QED) is 0.273. The van der Waals surface area contributed by atoms with Crippen LogP contribution in [0.1, 0.15) is 39.6 Å². The number of rotatable bonds is 6. The number of aromatic nitrogens is 4. The minimum absolute atomic E-state index is 0.255. The molecular formula is C22H19BrCl2N4O3. The molecular weight excluding hydrogens is 519 g/mol. The molecule has 2 aromatic heterocycles. The van der Waals surface area contributed by atoms with Gasteiger partial charge in [0.1, 0.15) is 12.4 Å². The summed E-state index contributed by atoms with van der Waals surface area (Å²) in [6.45, 7) is 3.84. The van der Waals surface area contributed by atoms with Gasteiger partial charge in [0.15, 0.2) is 0 Å². The largest absolute Gasteiger partial charge is 0.488 e. The molecule has 0 aliphatic rings. The van der Waals surface area contributed by atoms with Crippen LogP contribution in [0.3, 0.4) is 0 Å². The summed E-state index contributed by atoms with van der Waals surface area (Å²) in [6, 6.07) is 10.7. The van der Waals surface area contributed by atoms with Crippen molar-refractivity contribution in [3.63, 3.8) is 0 Å². The van der Waals surface area contributed by atoms with Crippen molar-refractivity contribution >= 4 is 39.1 Å². The van der Waals surface area contributed by atoms with Gasteiger partial charge in [-0.2, -0.15) is 0 Å². The average molecular weight is 538 g/mol. The average Bonchev–Trinajstić information content (AvgIpc) is 3.25. The zero-order valence-electron chi connectivity index (χ0n) is 17.1. The van der Waals surface area contributed by atoms with E-state index in [0.29, 0.717) is 42.8 Å². The molecule has 0 radical (unpaired) electrons. The minimum Gasteiger partial charge on any atom is -0.488 e. The maximum atomic E-state index is 12.6. The third kappa shape index (κ3) is 4.30. The molecule has 0 spiro atoms. The van der Waals surface area contributed by atoms with Crippen molar-refractivity contribution in [2.24, 2.45) is 0 Å². The van der Waals surface area contributed by atoms with Gasteiger partial charge in [0.2, 0.25) is 0 Å². The van der Waals surface area contributed by atoms with E-state index in [-0.39, 0.29) is 17.7 Å². The standard InChI is InChI=1S/C22H19BrCl2N4O3/c1-10-18(21(30)28-26-10)20(19-11(2)27-29-22(19)31)12-4-6-17(15(23)7-12)32-9-13-3-5-14(24)8-16(13)25/h3-8,20H,9H2,1-2H3,(H2,26,28,30)(H2,27,29,31). The van der Waals surface area contributed by atoms with E-state index in [1.54, 1.807) is 32.0 Å². The number of nitrogens with one attached hydrogen (secondary N) is 4. The summed E-state index contributed by atoms with van der Waals surface area (Å²) < 4.78 is 6.61. The van der Waals surface area contributed by atoms with Crippen molar-refractivity contribution in [1.29, 1.82) is 0 Å². The third-order valence-corrected chi connectivity index (χ3v) is 6.50. The fourth-order valence-corrected chi connectivity index (χ4v) is 4.67. The molecule has 0 amide bonds. The summed E-state index contributed by atoms with van der Waals surface area (Å²) in [6.07, 6.45) is 0. The van der Waals surface area contributed by atoms with Crippen LogP contribution in [0.4, 0.5) is 0 Å². The zero-order chi connectivity index (χ0) is 23.0. The second kappa shape index (κ2) is 9.05. The van der Waals surface area contributed by atoms with Crippen LogP contribution in [0.2, 0.25) is 10.0 Å². The molecule has 4 N–H and O–H groups in total. The highest BCUT2D eigenvalue weighted by Crippen LogP contribution is 2.36. The molecule has 0 atom stereocenters. The molecule has 0 aliphatic carbocycles. The van der Waals surface area contributed by atoms with Crippen LogP contribution in [0.5, 0.6) is 5.75 Å². The maximum Gasteiger partial charge on any atom is 0.268 e. The van der Waals surface area contributed by atoms with E-state index < -0.39 is 5.92 Å². The van der Waals surface area contributed by atoms with E-state index in [9.17, 15) is 9.59 Å². The van der Waals surface area contributed by atoms with Crippen LogP contribution in [-0.4, -0.2) is 20.4 Å². The van der Waals surface area contributed by atoms with E-state index in [1.807, 2.05) is 18.2 Å². The number of H-pyrrole nitrogens is 4. The molecule has 4 aromatic rings. The van der Waals surface area contributed by atoms with Gasteiger partial charge in [-0.3, -0.25) is 19.8 Å². The Labute approximate surface area is 201 Å². The molecule has 7 nitrogen and oxygen atoms in total. The van der Waals surface area contributed by atoms with Gasteiger partial charge >= 0.3 is 0 Å². The summed E-state index contributed by atoms with van der Waals surface area (Å²) in [5.41, 5.74) is 3.28. The molecule has 2 aromatic carbocycles. The van der Waals surface area contributed by atoms with Crippen molar-refractivity contribution in [3.05, 3.63) is 105 Å². The Morgan fingerprint density at radius 3 is 2.03 bits per heavy atom. The Balaban J connectivity index is 1.71. The Bertz CT molecular complexity index is 1350. The number of hydrogen-bond acceptors (Lipinski definition) is 3. The predicted octanol–water partition coefficient (Wildman–Crippen LogP) is 5.16. The fourth-order valence-electron chi connectivity index (χ4n) is 3.69. The fraction of sp³-hybridized carbons (Fsp3) is 0.182. The lowest BCUT2D eigenvalue weighted by Gasteiger charge is -2.18. The van der Waals surface area contributed by atoms with Gasteiger partial charge in [0.05, 0.1) is 15.6 Å². The lowest BCUT2D eigenvalue weighted by Crippen LogP contribution is -2.20. The van der Waals surface area contributed by atoms with Gasteiger partial charge in [-0.25, -0.2) is 0 Å². The normalized spacial score (nSPS) is 11.3. The lowest BCUT2D eigenvalue weighted by molar-refractivity contribution is 0.304. The maximum absolute atomic E-state index is 12.6. The summed E-state index contributed by atoms with van der Waals surface area (Å²) in [5, 5.41) is 12.0. The number of halogens is 3. The van der Waals surface area contributed by atoms with Crippen molar-refractivity contribution in [2.45, 2.75) is 26.4 Å². The van der Waals surface area contributed by atoms with Crippen LogP contribution in [0, 0.1) is 13.8 Å². The van der Waals surface area contributed by atoms with Crippen molar-refractivity contribution in [2.75, 3.05) is 0 Å². The Morgan fingerprint density at radius 2 is 1.53 bits per heavy atom. The van der Waals surface area contributed by atoms with Gasteiger partial charge in [0.25, 0.3) is 11.1 Å². The second-order valence-corrected chi connectivity index (χ2v) is 9.08. The van der Waals surface area contributed by atoms with Crippen molar-refractivity contribution in [3.8, 4) is 5.75 Å². The first-order valence-electron chi connectivity index (χ1n) is 9.66. The van der Waals surface area contributed by atoms with E-state index in [0.717, 1.165) is 11.1 Å². The zero-order valence-corrected chi connectivity index (χ0v) is 20.2. The molecule has 0 unspecified atom stereocenters. The van der Waals surface area contributed by atoms with Crippen LogP contribution in [0.15, 0.2) is 50.5 Å². The molecule has 10 heteroatoms.